The predicted octanol–water partition coefficient (Wildman–Crippen LogP) is 1.24. The highest BCUT2D eigenvalue weighted by Crippen LogP contribution is 2.10. The minimum absolute atomic E-state index is 0.0728. The second kappa shape index (κ2) is 5.91. The van der Waals surface area contributed by atoms with Gasteiger partial charge in [0.2, 0.25) is 5.91 Å². The maximum atomic E-state index is 11.9. The Labute approximate surface area is 120 Å². The number of pyridine rings is 1. The van der Waals surface area contributed by atoms with E-state index in [9.17, 15) is 4.79 Å². The van der Waals surface area contributed by atoms with Gasteiger partial charge in [-0.15, -0.1) is 5.10 Å². The number of tetrazole rings is 1. The Bertz CT molecular complexity index is 709. The third kappa shape index (κ3) is 3.27. The van der Waals surface area contributed by atoms with Gasteiger partial charge in [0.1, 0.15) is 6.33 Å². The monoisotopic (exact) mass is 280 g/mol. The standard InChI is InChI=1S/C14H12N6O/c21-14(17-12-5-7-15-8-6-12)9-11-1-3-13(4-2-11)20-10-16-18-19-20/h1-8,10H,9H2,(H,15,17,21). The number of aromatic nitrogens is 5. The number of rotatable bonds is 4. The van der Waals surface area contributed by atoms with Gasteiger partial charge in [-0.3, -0.25) is 9.78 Å². The van der Waals surface area contributed by atoms with Crippen LogP contribution in [0, 0.1) is 0 Å². The lowest BCUT2D eigenvalue weighted by Crippen LogP contribution is -2.14. The van der Waals surface area contributed by atoms with Crippen LogP contribution in [-0.2, 0) is 11.2 Å². The SMILES string of the molecule is O=C(Cc1ccc(-n2cnnn2)cc1)Nc1ccncc1. The van der Waals surface area contributed by atoms with Crippen LogP contribution < -0.4 is 5.32 Å². The van der Waals surface area contributed by atoms with Crippen molar-refractivity contribution in [2.45, 2.75) is 6.42 Å². The van der Waals surface area contributed by atoms with Crippen molar-refractivity contribution in [2.75, 3.05) is 5.32 Å². The Hall–Kier alpha value is -3.09. The summed E-state index contributed by atoms with van der Waals surface area (Å²) in [7, 11) is 0. The summed E-state index contributed by atoms with van der Waals surface area (Å²) in [4.78, 5) is 15.8. The average Bonchev–Trinajstić information content (AvgIpc) is 3.03. The van der Waals surface area contributed by atoms with Crippen LogP contribution in [0.25, 0.3) is 5.69 Å². The maximum absolute atomic E-state index is 11.9. The Morgan fingerprint density at radius 1 is 1.10 bits per heavy atom. The third-order valence-electron chi connectivity index (χ3n) is 2.88. The van der Waals surface area contributed by atoms with Crippen LogP contribution in [0.2, 0.25) is 0 Å². The molecule has 0 aliphatic carbocycles. The van der Waals surface area contributed by atoms with Crippen LogP contribution in [0.5, 0.6) is 0 Å². The van der Waals surface area contributed by atoms with E-state index in [1.165, 1.54) is 6.33 Å². The number of carbonyl (C=O) groups is 1. The molecule has 1 aromatic carbocycles. The van der Waals surface area contributed by atoms with E-state index in [4.69, 9.17) is 0 Å². The molecule has 0 bridgehead atoms. The Morgan fingerprint density at radius 3 is 2.52 bits per heavy atom. The summed E-state index contributed by atoms with van der Waals surface area (Å²) < 4.78 is 1.56. The molecule has 2 heterocycles. The molecule has 0 radical (unpaired) electrons. The molecule has 0 saturated carbocycles. The molecule has 1 N–H and O–H groups in total. The number of hydrogen-bond donors (Lipinski definition) is 1. The quantitative estimate of drug-likeness (QED) is 0.777. The second-order valence-electron chi connectivity index (χ2n) is 4.38. The lowest BCUT2D eigenvalue weighted by atomic mass is 10.1. The summed E-state index contributed by atoms with van der Waals surface area (Å²) in [5.74, 6) is -0.0728. The van der Waals surface area contributed by atoms with Crippen molar-refractivity contribution >= 4 is 11.6 Å². The van der Waals surface area contributed by atoms with Gasteiger partial charge in [-0.05, 0) is 40.3 Å². The molecule has 21 heavy (non-hydrogen) atoms. The molecule has 3 rings (SSSR count). The lowest BCUT2D eigenvalue weighted by Gasteiger charge is -2.05. The first kappa shape index (κ1) is 12.9. The lowest BCUT2D eigenvalue weighted by molar-refractivity contribution is -0.115. The van der Waals surface area contributed by atoms with Gasteiger partial charge >= 0.3 is 0 Å². The molecule has 0 atom stereocenters. The molecule has 7 heteroatoms. The Balaban J connectivity index is 1.64. The van der Waals surface area contributed by atoms with E-state index in [-0.39, 0.29) is 5.91 Å². The molecule has 0 spiro atoms. The fraction of sp³-hybridized carbons (Fsp3) is 0.0714. The summed E-state index contributed by atoms with van der Waals surface area (Å²) in [6.07, 6.45) is 5.09. The van der Waals surface area contributed by atoms with Crippen molar-refractivity contribution < 1.29 is 4.79 Å². The topological polar surface area (TPSA) is 85.6 Å². The summed E-state index contributed by atoms with van der Waals surface area (Å²) in [6, 6.07) is 11.0. The molecule has 2 aromatic heterocycles. The van der Waals surface area contributed by atoms with Crippen LogP contribution >= 0.6 is 0 Å². The fourth-order valence-corrected chi connectivity index (χ4v) is 1.87. The Kier molecular flexibility index (Phi) is 3.64. The van der Waals surface area contributed by atoms with Crippen molar-refractivity contribution in [3.63, 3.8) is 0 Å². The first-order valence-corrected chi connectivity index (χ1v) is 6.33. The number of benzene rings is 1. The van der Waals surface area contributed by atoms with E-state index in [2.05, 4.69) is 25.8 Å². The van der Waals surface area contributed by atoms with Gasteiger partial charge in [0, 0.05) is 18.1 Å². The molecule has 0 aliphatic heterocycles. The van der Waals surface area contributed by atoms with E-state index in [0.29, 0.717) is 6.42 Å². The summed E-state index contributed by atoms with van der Waals surface area (Å²) in [5, 5.41) is 13.8. The van der Waals surface area contributed by atoms with Gasteiger partial charge in [0.15, 0.2) is 0 Å². The van der Waals surface area contributed by atoms with Crippen molar-refractivity contribution in [2.24, 2.45) is 0 Å². The molecule has 0 aliphatic rings. The predicted molar refractivity (Wildman–Crippen MR) is 75.7 cm³/mol. The van der Waals surface area contributed by atoms with E-state index < -0.39 is 0 Å². The molecule has 0 unspecified atom stereocenters. The first-order chi connectivity index (χ1) is 10.3. The van der Waals surface area contributed by atoms with Crippen LogP contribution in [0.1, 0.15) is 5.56 Å². The largest absolute Gasteiger partial charge is 0.326 e. The second-order valence-corrected chi connectivity index (χ2v) is 4.38. The summed E-state index contributed by atoms with van der Waals surface area (Å²) in [6.45, 7) is 0. The molecule has 104 valence electrons. The zero-order chi connectivity index (χ0) is 14.5. The van der Waals surface area contributed by atoms with Crippen molar-refractivity contribution in [1.82, 2.24) is 25.2 Å². The number of nitrogens with one attached hydrogen (secondary N) is 1. The maximum Gasteiger partial charge on any atom is 0.228 e. The number of anilines is 1. The molecule has 3 aromatic rings. The van der Waals surface area contributed by atoms with Crippen molar-refractivity contribution in [1.29, 1.82) is 0 Å². The molecule has 0 saturated heterocycles. The van der Waals surface area contributed by atoms with Crippen LogP contribution in [0.4, 0.5) is 5.69 Å². The molecule has 0 fully saturated rings. The molecule has 7 nitrogen and oxygen atoms in total. The van der Waals surface area contributed by atoms with Gasteiger partial charge in [-0.1, -0.05) is 12.1 Å². The first-order valence-electron chi connectivity index (χ1n) is 6.33. The highest BCUT2D eigenvalue weighted by Gasteiger charge is 2.05. The summed E-state index contributed by atoms with van der Waals surface area (Å²) in [5.41, 5.74) is 2.50. The summed E-state index contributed by atoms with van der Waals surface area (Å²) >= 11 is 0. The minimum Gasteiger partial charge on any atom is -0.326 e. The van der Waals surface area contributed by atoms with E-state index in [0.717, 1.165) is 16.9 Å². The minimum atomic E-state index is -0.0728. The van der Waals surface area contributed by atoms with Crippen molar-refractivity contribution in [3.8, 4) is 5.69 Å². The normalized spacial score (nSPS) is 10.3. The molecular weight excluding hydrogens is 268 g/mol. The Morgan fingerprint density at radius 2 is 1.86 bits per heavy atom. The van der Waals surface area contributed by atoms with E-state index >= 15 is 0 Å². The van der Waals surface area contributed by atoms with Gasteiger partial charge in [-0.25, -0.2) is 4.68 Å². The molecule has 1 amide bonds. The third-order valence-corrected chi connectivity index (χ3v) is 2.88. The zero-order valence-corrected chi connectivity index (χ0v) is 11.0. The van der Waals surface area contributed by atoms with Gasteiger partial charge in [0.25, 0.3) is 0 Å². The van der Waals surface area contributed by atoms with Crippen LogP contribution in [0.15, 0.2) is 55.1 Å². The van der Waals surface area contributed by atoms with E-state index in [1.54, 1.807) is 29.2 Å². The number of amides is 1. The van der Waals surface area contributed by atoms with Gasteiger partial charge in [-0.2, -0.15) is 0 Å². The van der Waals surface area contributed by atoms with E-state index in [1.807, 2.05) is 24.3 Å². The van der Waals surface area contributed by atoms with Crippen molar-refractivity contribution in [3.05, 3.63) is 60.7 Å². The number of nitrogens with zero attached hydrogens (tertiary/aromatic N) is 5. The zero-order valence-electron chi connectivity index (χ0n) is 11.0. The fourth-order valence-electron chi connectivity index (χ4n) is 1.87. The highest BCUT2D eigenvalue weighted by atomic mass is 16.1. The molecular formula is C14H12N6O. The van der Waals surface area contributed by atoms with Crippen LogP contribution in [0.3, 0.4) is 0 Å². The van der Waals surface area contributed by atoms with Crippen LogP contribution in [-0.4, -0.2) is 31.1 Å². The van der Waals surface area contributed by atoms with Gasteiger partial charge in [0.05, 0.1) is 12.1 Å². The smallest absolute Gasteiger partial charge is 0.228 e. The number of carbonyl (C=O) groups excluding carboxylic acids is 1. The number of hydrogen-bond acceptors (Lipinski definition) is 5. The van der Waals surface area contributed by atoms with Gasteiger partial charge < -0.3 is 5.32 Å². The average molecular weight is 280 g/mol. The highest BCUT2D eigenvalue weighted by molar-refractivity contribution is 5.92.